The number of aromatic nitrogens is 2. The molecular weight excluding hydrogens is 452 g/mol. The molecule has 0 amide bonds. The van der Waals surface area contributed by atoms with Crippen LogP contribution in [0.2, 0.25) is 0 Å². The van der Waals surface area contributed by atoms with E-state index in [1.165, 1.54) is 94.6 Å². The second kappa shape index (κ2) is 18.5. The molecule has 3 heteroatoms. The normalized spacial score (nSPS) is 11.1. The van der Waals surface area contributed by atoms with Gasteiger partial charge < -0.3 is 4.74 Å². The summed E-state index contributed by atoms with van der Waals surface area (Å²) in [4.78, 5) is 0. The first-order chi connectivity index (χ1) is 18.3. The van der Waals surface area contributed by atoms with Crippen molar-refractivity contribution >= 4 is 0 Å². The minimum Gasteiger partial charge on any atom is -0.494 e. The molecular formula is C34H50N2O+2. The maximum absolute atomic E-state index is 6.25. The van der Waals surface area contributed by atoms with Crippen LogP contribution < -0.4 is 13.9 Å². The summed E-state index contributed by atoms with van der Waals surface area (Å²) in [6, 6.07) is 19.2. The van der Waals surface area contributed by atoms with E-state index in [0.29, 0.717) is 0 Å². The van der Waals surface area contributed by atoms with E-state index in [-0.39, 0.29) is 0 Å². The Balaban J connectivity index is 1.34. The third-order valence-electron chi connectivity index (χ3n) is 7.08. The van der Waals surface area contributed by atoms with E-state index in [1.807, 2.05) is 0 Å². The average molecular weight is 503 g/mol. The first kappa shape index (κ1) is 28.9. The number of rotatable bonds is 20. The summed E-state index contributed by atoms with van der Waals surface area (Å²) in [7, 11) is 0. The number of ether oxygens (including phenoxy) is 1. The molecule has 3 rings (SSSR count). The Morgan fingerprint density at radius 1 is 0.486 bits per heavy atom. The predicted octanol–water partition coefficient (Wildman–Crippen LogP) is 8.22. The van der Waals surface area contributed by atoms with Crippen LogP contribution in [0.5, 0.6) is 5.75 Å². The van der Waals surface area contributed by atoms with Crippen molar-refractivity contribution in [3.8, 4) is 5.75 Å². The average Bonchev–Trinajstić information content (AvgIpc) is 2.92. The van der Waals surface area contributed by atoms with Crippen LogP contribution in [0.1, 0.15) is 108 Å². The molecule has 0 aliphatic rings. The molecule has 0 spiro atoms. The van der Waals surface area contributed by atoms with E-state index >= 15 is 0 Å². The molecule has 0 unspecified atom stereocenters. The molecule has 0 fully saturated rings. The van der Waals surface area contributed by atoms with Crippen LogP contribution in [-0.4, -0.2) is 6.61 Å². The van der Waals surface area contributed by atoms with E-state index in [1.54, 1.807) is 0 Å². The highest BCUT2D eigenvalue weighted by Crippen LogP contribution is 2.19. The molecule has 0 N–H and O–H groups in total. The lowest BCUT2D eigenvalue weighted by Crippen LogP contribution is -2.34. The maximum Gasteiger partial charge on any atom is 0.173 e. The molecule has 200 valence electrons. The fourth-order valence-electron chi connectivity index (χ4n) is 4.98. The molecule has 3 aromatic rings. The van der Waals surface area contributed by atoms with Crippen LogP contribution in [0.25, 0.3) is 0 Å². The first-order valence-corrected chi connectivity index (χ1v) is 15.0. The molecule has 0 atom stereocenters. The number of unbranched alkanes of at least 4 members (excludes halogenated alkanes) is 13. The van der Waals surface area contributed by atoms with Crippen LogP contribution in [0.15, 0.2) is 79.4 Å². The van der Waals surface area contributed by atoms with Gasteiger partial charge >= 0.3 is 0 Å². The molecule has 1 aromatic carbocycles. The number of hydrogen-bond donors (Lipinski definition) is 0. The molecule has 0 saturated heterocycles. The standard InChI is InChI=1S/C34H50N2O/c1-2-3-4-5-6-7-8-9-10-11-12-13-14-21-26-37-34-28-32(30-35-22-17-15-18-23-35)27-33(29-34)31-36-24-19-16-20-25-36/h15-20,22-25,27-29H,2-14,21,26,30-31H2,1H3/q+2. The molecule has 2 aromatic heterocycles. The largest absolute Gasteiger partial charge is 0.494 e. The van der Waals surface area contributed by atoms with Crippen LogP contribution in [0, 0.1) is 0 Å². The van der Waals surface area contributed by atoms with Crippen LogP contribution in [0.4, 0.5) is 0 Å². The number of pyridine rings is 2. The van der Waals surface area contributed by atoms with Gasteiger partial charge in [0.1, 0.15) is 5.75 Å². The van der Waals surface area contributed by atoms with Crippen molar-refractivity contribution in [2.45, 2.75) is 110 Å². The van der Waals surface area contributed by atoms with Crippen molar-refractivity contribution in [2.75, 3.05) is 6.61 Å². The van der Waals surface area contributed by atoms with Gasteiger partial charge in [0.25, 0.3) is 0 Å². The summed E-state index contributed by atoms with van der Waals surface area (Å²) >= 11 is 0. The van der Waals surface area contributed by atoms with Gasteiger partial charge in [-0.2, -0.15) is 0 Å². The Bertz CT molecular complexity index is 898. The van der Waals surface area contributed by atoms with Crippen molar-refractivity contribution < 1.29 is 13.9 Å². The molecule has 0 radical (unpaired) electrons. The van der Waals surface area contributed by atoms with Gasteiger partial charge in [-0.15, -0.1) is 0 Å². The van der Waals surface area contributed by atoms with Gasteiger partial charge in [-0.25, -0.2) is 9.13 Å². The minimum atomic E-state index is 0.803. The van der Waals surface area contributed by atoms with E-state index in [2.05, 4.69) is 95.4 Å². The van der Waals surface area contributed by atoms with Crippen LogP contribution in [-0.2, 0) is 13.1 Å². The van der Waals surface area contributed by atoms with Crippen LogP contribution in [0.3, 0.4) is 0 Å². The van der Waals surface area contributed by atoms with Crippen molar-refractivity contribution in [1.29, 1.82) is 0 Å². The zero-order valence-electron chi connectivity index (χ0n) is 23.3. The summed E-state index contributed by atoms with van der Waals surface area (Å²) < 4.78 is 10.7. The van der Waals surface area contributed by atoms with Gasteiger partial charge in [0.2, 0.25) is 0 Å². The number of nitrogens with zero attached hydrogens (tertiary/aromatic N) is 2. The van der Waals surface area contributed by atoms with Crippen molar-refractivity contribution in [3.05, 3.63) is 90.5 Å². The van der Waals surface area contributed by atoms with E-state index in [4.69, 9.17) is 4.74 Å². The van der Waals surface area contributed by atoms with E-state index < -0.39 is 0 Å². The monoisotopic (exact) mass is 502 g/mol. The van der Waals surface area contributed by atoms with E-state index in [9.17, 15) is 0 Å². The zero-order chi connectivity index (χ0) is 25.8. The molecule has 37 heavy (non-hydrogen) atoms. The highest BCUT2D eigenvalue weighted by atomic mass is 16.5. The van der Waals surface area contributed by atoms with Gasteiger partial charge in [0, 0.05) is 35.4 Å². The van der Waals surface area contributed by atoms with Gasteiger partial charge in [-0.1, -0.05) is 103 Å². The highest BCUT2D eigenvalue weighted by molar-refractivity contribution is 5.34. The Morgan fingerprint density at radius 2 is 0.892 bits per heavy atom. The Hall–Kier alpha value is -2.68. The van der Waals surface area contributed by atoms with Crippen molar-refractivity contribution in [3.63, 3.8) is 0 Å². The quantitative estimate of drug-likeness (QED) is 0.112. The Kier molecular flexibility index (Phi) is 14.5. The maximum atomic E-state index is 6.25. The first-order valence-electron chi connectivity index (χ1n) is 15.0. The van der Waals surface area contributed by atoms with Crippen molar-refractivity contribution in [1.82, 2.24) is 0 Å². The van der Waals surface area contributed by atoms with Gasteiger partial charge in [0.15, 0.2) is 37.9 Å². The number of benzene rings is 1. The highest BCUT2D eigenvalue weighted by Gasteiger charge is 2.10. The summed E-state index contributed by atoms with van der Waals surface area (Å²) in [5.74, 6) is 0.996. The lowest BCUT2D eigenvalue weighted by molar-refractivity contribution is -0.689. The lowest BCUT2D eigenvalue weighted by Gasteiger charge is -2.10. The summed E-state index contributed by atoms with van der Waals surface area (Å²) in [5, 5.41) is 0. The van der Waals surface area contributed by atoms with Gasteiger partial charge in [-0.3, -0.25) is 0 Å². The number of hydrogen-bond acceptors (Lipinski definition) is 1. The Labute approximate surface area is 226 Å². The topological polar surface area (TPSA) is 17.0 Å². The third kappa shape index (κ3) is 12.9. The third-order valence-corrected chi connectivity index (χ3v) is 7.08. The SMILES string of the molecule is CCCCCCCCCCCCCCCCOc1cc(C[n+]2ccccc2)cc(C[n+]2ccccc2)c1. The molecule has 3 nitrogen and oxygen atoms in total. The summed E-state index contributed by atoms with van der Waals surface area (Å²) in [5.41, 5.74) is 2.56. The second-order valence-electron chi connectivity index (χ2n) is 10.5. The predicted molar refractivity (Wildman–Crippen MR) is 154 cm³/mol. The smallest absolute Gasteiger partial charge is 0.173 e. The fourth-order valence-corrected chi connectivity index (χ4v) is 4.98. The molecule has 2 heterocycles. The second-order valence-corrected chi connectivity index (χ2v) is 10.5. The van der Waals surface area contributed by atoms with Crippen molar-refractivity contribution in [2.24, 2.45) is 0 Å². The molecule has 0 aliphatic heterocycles. The molecule has 0 saturated carbocycles. The molecule has 0 aliphatic carbocycles. The van der Waals surface area contributed by atoms with Gasteiger partial charge in [0.05, 0.1) is 6.61 Å². The van der Waals surface area contributed by atoms with E-state index in [0.717, 1.165) is 31.9 Å². The lowest BCUT2D eigenvalue weighted by atomic mass is 10.0. The summed E-state index contributed by atoms with van der Waals surface area (Å²) in [6.07, 6.45) is 27.8. The minimum absolute atomic E-state index is 0.803. The summed E-state index contributed by atoms with van der Waals surface area (Å²) in [6.45, 7) is 4.80. The fraction of sp³-hybridized carbons (Fsp3) is 0.529. The zero-order valence-corrected chi connectivity index (χ0v) is 23.3. The Morgan fingerprint density at radius 3 is 1.32 bits per heavy atom. The van der Waals surface area contributed by atoms with Crippen LogP contribution >= 0.6 is 0 Å². The van der Waals surface area contributed by atoms with Gasteiger partial charge in [-0.05, 0) is 24.6 Å². The molecule has 0 bridgehead atoms.